The van der Waals surface area contributed by atoms with Gasteiger partial charge in [0, 0.05) is 11.3 Å². The third-order valence-electron chi connectivity index (χ3n) is 4.49. The first kappa shape index (κ1) is 17.2. The van der Waals surface area contributed by atoms with Crippen LogP contribution >= 0.6 is 22.9 Å². The van der Waals surface area contributed by atoms with Crippen molar-refractivity contribution in [2.24, 2.45) is 0 Å². The number of halogens is 1. The molecule has 0 saturated carbocycles. The van der Waals surface area contributed by atoms with Crippen molar-refractivity contribution < 1.29 is 19.1 Å². The number of carbonyl (C=O) groups is 2. The van der Waals surface area contributed by atoms with Crippen LogP contribution < -0.4 is 14.8 Å². The molecule has 1 aromatic carbocycles. The van der Waals surface area contributed by atoms with Crippen LogP contribution in [0.25, 0.3) is 0 Å². The van der Waals surface area contributed by atoms with Gasteiger partial charge in [0.1, 0.15) is 0 Å². The van der Waals surface area contributed by atoms with Gasteiger partial charge in [-0.2, -0.15) is 0 Å². The average Bonchev–Trinajstić information content (AvgIpc) is 3.13. The van der Waals surface area contributed by atoms with Crippen molar-refractivity contribution in [1.29, 1.82) is 0 Å². The topological polar surface area (TPSA) is 67.9 Å². The second-order valence-corrected chi connectivity index (χ2v) is 7.73. The van der Waals surface area contributed by atoms with Crippen LogP contribution in [0, 0.1) is 0 Å². The number of urea groups is 1. The second-order valence-electron chi connectivity index (χ2n) is 6.38. The lowest BCUT2D eigenvalue weighted by molar-refractivity contribution is -0.131. The van der Waals surface area contributed by atoms with Crippen molar-refractivity contribution >= 4 is 34.9 Å². The molecule has 136 valence electrons. The van der Waals surface area contributed by atoms with Crippen molar-refractivity contribution in [1.82, 2.24) is 10.2 Å². The molecule has 2 aliphatic heterocycles. The summed E-state index contributed by atoms with van der Waals surface area (Å²) in [4.78, 5) is 27.4. The molecule has 3 heterocycles. The summed E-state index contributed by atoms with van der Waals surface area (Å²) in [5.74, 6) is 0.764. The Morgan fingerprint density at radius 2 is 2.12 bits per heavy atom. The monoisotopic (exact) mass is 392 g/mol. The van der Waals surface area contributed by atoms with E-state index in [1.165, 1.54) is 16.2 Å². The summed E-state index contributed by atoms with van der Waals surface area (Å²) in [6, 6.07) is 6.76. The number of benzene rings is 1. The van der Waals surface area contributed by atoms with E-state index >= 15 is 0 Å². The minimum absolute atomic E-state index is 0.113. The molecule has 8 heteroatoms. The largest absolute Gasteiger partial charge is 0.489 e. The summed E-state index contributed by atoms with van der Waals surface area (Å²) >= 11 is 7.74. The summed E-state index contributed by atoms with van der Waals surface area (Å²) in [7, 11) is 0. The van der Waals surface area contributed by atoms with Crippen molar-refractivity contribution in [3.8, 4) is 11.5 Å². The van der Waals surface area contributed by atoms with Gasteiger partial charge in [-0.25, -0.2) is 4.79 Å². The maximum absolute atomic E-state index is 12.9. The fourth-order valence-corrected chi connectivity index (χ4v) is 4.25. The Morgan fingerprint density at radius 3 is 2.88 bits per heavy atom. The van der Waals surface area contributed by atoms with Crippen molar-refractivity contribution in [3.05, 3.63) is 45.1 Å². The van der Waals surface area contributed by atoms with Crippen LogP contribution in [0.5, 0.6) is 11.5 Å². The molecule has 1 fully saturated rings. The van der Waals surface area contributed by atoms with Gasteiger partial charge in [-0.15, -0.1) is 11.3 Å². The molecular weight excluding hydrogens is 376 g/mol. The molecule has 2 aromatic rings. The Labute approximate surface area is 159 Å². The van der Waals surface area contributed by atoms with E-state index in [9.17, 15) is 9.59 Å². The zero-order valence-electron chi connectivity index (χ0n) is 14.1. The highest BCUT2D eigenvalue weighted by atomic mass is 35.5. The Balaban J connectivity index is 1.62. The van der Waals surface area contributed by atoms with E-state index in [0.29, 0.717) is 35.3 Å². The summed E-state index contributed by atoms with van der Waals surface area (Å²) in [6.45, 7) is 2.91. The van der Waals surface area contributed by atoms with Crippen LogP contribution in [0.2, 0.25) is 5.02 Å². The minimum Gasteiger partial charge on any atom is -0.489 e. The van der Waals surface area contributed by atoms with E-state index in [1.807, 2.05) is 17.5 Å². The first-order valence-electron chi connectivity index (χ1n) is 8.25. The van der Waals surface area contributed by atoms with E-state index in [0.717, 1.165) is 11.3 Å². The molecule has 0 radical (unpaired) electrons. The number of ether oxygens (including phenoxy) is 2. The maximum atomic E-state index is 12.9. The number of thiophene rings is 1. The molecule has 0 spiro atoms. The molecule has 6 nitrogen and oxygen atoms in total. The number of fused-ring (bicyclic) bond motifs is 1. The van der Waals surface area contributed by atoms with Gasteiger partial charge in [0.2, 0.25) is 0 Å². The normalized spacial score (nSPS) is 22.3. The third-order valence-corrected chi connectivity index (χ3v) is 5.86. The third kappa shape index (κ3) is 2.81. The van der Waals surface area contributed by atoms with Crippen LogP contribution in [0.3, 0.4) is 0 Å². The molecule has 0 aliphatic carbocycles. The first-order valence-corrected chi connectivity index (χ1v) is 9.51. The average molecular weight is 393 g/mol. The predicted molar refractivity (Wildman–Crippen MR) is 97.8 cm³/mol. The summed E-state index contributed by atoms with van der Waals surface area (Å²) < 4.78 is 11.3. The van der Waals surface area contributed by atoms with Crippen molar-refractivity contribution in [2.75, 3.05) is 13.2 Å². The van der Waals surface area contributed by atoms with E-state index in [4.69, 9.17) is 21.1 Å². The lowest BCUT2D eigenvalue weighted by atomic mass is 10.0. The van der Waals surface area contributed by atoms with E-state index in [2.05, 4.69) is 5.32 Å². The van der Waals surface area contributed by atoms with Crippen LogP contribution in [0.15, 0.2) is 29.6 Å². The number of nitrogens with one attached hydrogen (secondary N) is 1. The molecule has 26 heavy (non-hydrogen) atoms. The highest BCUT2D eigenvalue weighted by Crippen LogP contribution is 2.39. The van der Waals surface area contributed by atoms with Crippen LogP contribution in [-0.2, 0) is 16.9 Å². The lowest BCUT2D eigenvalue weighted by Gasteiger charge is -2.20. The number of carbonyl (C=O) groups excluding carboxylic acids is 2. The van der Waals surface area contributed by atoms with Gasteiger partial charge in [0.05, 0.1) is 24.8 Å². The van der Waals surface area contributed by atoms with Gasteiger partial charge in [-0.1, -0.05) is 17.7 Å². The molecule has 3 amide bonds. The number of rotatable bonds is 3. The fraction of sp³-hybridized carbons (Fsp3) is 0.333. The van der Waals surface area contributed by atoms with Gasteiger partial charge in [0.15, 0.2) is 17.0 Å². The predicted octanol–water partition coefficient (Wildman–Crippen LogP) is 3.53. The van der Waals surface area contributed by atoms with Crippen LogP contribution in [0.1, 0.15) is 23.8 Å². The van der Waals surface area contributed by atoms with Gasteiger partial charge in [0.25, 0.3) is 5.91 Å². The van der Waals surface area contributed by atoms with Gasteiger partial charge < -0.3 is 14.8 Å². The molecular formula is C18H17ClN2O4S. The van der Waals surface area contributed by atoms with Gasteiger partial charge in [-0.05, 0) is 36.1 Å². The Bertz CT molecular complexity index is 870. The second kappa shape index (κ2) is 6.48. The zero-order chi connectivity index (χ0) is 18.3. The number of hydrogen-bond acceptors (Lipinski definition) is 5. The van der Waals surface area contributed by atoms with Crippen molar-refractivity contribution in [2.45, 2.75) is 25.4 Å². The number of imide groups is 1. The van der Waals surface area contributed by atoms with E-state index in [1.54, 1.807) is 19.1 Å². The number of hydrogen-bond donors (Lipinski definition) is 1. The smallest absolute Gasteiger partial charge is 0.325 e. The SMILES string of the molecule is CC1(c2cccs2)NC(=O)N(Cc2cc(Cl)c3c(c2)OCCCO3)C1=O. The Hall–Kier alpha value is -2.25. The Kier molecular flexibility index (Phi) is 4.28. The van der Waals surface area contributed by atoms with E-state index in [-0.39, 0.29) is 12.5 Å². The first-order chi connectivity index (χ1) is 12.5. The van der Waals surface area contributed by atoms with E-state index < -0.39 is 11.6 Å². The molecule has 1 N–H and O–H groups in total. The number of nitrogens with zero attached hydrogens (tertiary/aromatic N) is 1. The summed E-state index contributed by atoms with van der Waals surface area (Å²) in [6.07, 6.45) is 0.770. The van der Waals surface area contributed by atoms with Gasteiger partial charge >= 0.3 is 6.03 Å². The molecule has 0 bridgehead atoms. The summed E-state index contributed by atoms with van der Waals surface area (Å²) in [5, 5.41) is 5.09. The highest BCUT2D eigenvalue weighted by Gasteiger charge is 2.49. The van der Waals surface area contributed by atoms with Crippen molar-refractivity contribution in [3.63, 3.8) is 0 Å². The number of amides is 3. The molecule has 1 saturated heterocycles. The van der Waals surface area contributed by atoms with Crippen LogP contribution in [0.4, 0.5) is 4.79 Å². The summed E-state index contributed by atoms with van der Waals surface area (Å²) in [5.41, 5.74) is -0.335. The molecule has 4 rings (SSSR count). The lowest BCUT2D eigenvalue weighted by Crippen LogP contribution is -2.40. The Morgan fingerprint density at radius 1 is 1.31 bits per heavy atom. The standard InChI is InChI=1S/C18H17ClN2O4S/c1-18(14-4-2-7-26-14)16(22)21(17(23)20-18)10-11-8-12(19)15-13(9-11)24-5-3-6-25-15/h2,4,7-9H,3,5-6,10H2,1H3,(H,20,23). The molecule has 2 aliphatic rings. The maximum Gasteiger partial charge on any atom is 0.325 e. The molecule has 1 atom stereocenters. The molecule has 1 unspecified atom stereocenters. The van der Waals surface area contributed by atoms with Gasteiger partial charge in [-0.3, -0.25) is 9.69 Å². The highest BCUT2D eigenvalue weighted by molar-refractivity contribution is 7.10. The minimum atomic E-state index is -1.04. The zero-order valence-corrected chi connectivity index (χ0v) is 15.7. The van der Waals surface area contributed by atoms with Crippen LogP contribution in [-0.4, -0.2) is 30.1 Å². The quantitative estimate of drug-likeness (QED) is 0.811. The fourth-order valence-electron chi connectivity index (χ4n) is 3.13. The molecule has 1 aromatic heterocycles.